The molecule has 0 saturated heterocycles. The zero-order chi connectivity index (χ0) is 13.0. The van der Waals surface area contributed by atoms with Crippen LogP contribution in [0.25, 0.3) is 0 Å². The van der Waals surface area contributed by atoms with Crippen LogP contribution in [0.2, 0.25) is 0 Å². The van der Waals surface area contributed by atoms with E-state index in [1.165, 1.54) is 10.5 Å². The summed E-state index contributed by atoms with van der Waals surface area (Å²) in [5, 5.41) is 4.98. The van der Waals surface area contributed by atoms with Gasteiger partial charge in [-0.25, -0.2) is 9.67 Å². The van der Waals surface area contributed by atoms with Crippen molar-refractivity contribution in [3.05, 3.63) is 36.2 Å². The molecule has 2 aromatic rings. The number of nitrogens with two attached hydrogens (primary N) is 1. The van der Waals surface area contributed by atoms with Crippen molar-refractivity contribution in [2.24, 2.45) is 12.8 Å². The van der Waals surface area contributed by atoms with Gasteiger partial charge in [-0.15, -0.1) is 0 Å². The molecule has 0 saturated carbocycles. The molecule has 1 unspecified atom stereocenters. The Hall–Kier alpha value is -1.33. The quantitative estimate of drug-likeness (QED) is 0.898. The maximum absolute atomic E-state index is 6.03. The fraction of sp³-hybridized carbons (Fsp3) is 0.385. The number of benzene rings is 1. The summed E-state index contributed by atoms with van der Waals surface area (Å²) in [6.45, 7) is 2.11. The summed E-state index contributed by atoms with van der Waals surface area (Å²) >= 11 is 1.63. The van der Waals surface area contributed by atoms with Crippen LogP contribution in [0.3, 0.4) is 0 Å². The van der Waals surface area contributed by atoms with Crippen LogP contribution in [0, 0.1) is 0 Å². The fourth-order valence-electron chi connectivity index (χ4n) is 1.68. The topological polar surface area (TPSA) is 56.7 Å². The largest absolute Gasteiger partial charge is 0.327 e. The van der Waals surface area contributed by atoms with Crippen LogP contribution in [-0.2, 0) is 13.5 Å². The van der Waals surface area contributed by atoms with Crippen molar-refractivity contribution in [2.75, 3.05) is 0 Å². The van der Waals surface area contributed by atoms with Gasteiger partial charge in [-0.2, -0.15) is 5.10 Å². The van der Waals surface area contributed by atoms with Gasteiger partial charge in [0.15, 0.2) is 5.16 Å². The number of nitrogens with zero attached hydrogens (tertiary/aromatic N) is 3. The minimum Gasteiger partial charge on any atom is -0.327 e. The van der Waals surface area contributed by atoms with Crippen LogP contribution in [-0.4, -0.2) is 20.8 Å². The second-order valence-electron chi connectivity index (χ2n) is 4.25. The van der Waals surface area contributed by atoms with E-state index in [4.69, 9.17) is 5.73 Å². The summed E-state index contributed by atoms with van der Waals surface area (Å²) < 4.78 is 1.78. The number of rotatable bonds is 5. The molecule has 0 radical (unpaired) electrons. The van der Waals surface area contributed by atoms with E-state index < -0.39 is 0 Å². The first-order valence-corrected chi connectivity index (χ1v) is 6.87. The van der Waals surface area contributed by atoms with Crippen molar-refractivity contribution >= 4 is 11.8 Å². The molecule has 1 aromatic heterocycles. The third kappa shape index (κ3) is 3.11. The predicted molar refractivity (Wildman–Crippen MR) is 73.5 cm³/mol. The van der Waals surface area contributed by atoms with Crippen LogP contribution in [0.15, 0.2) is 40.6 Å². The maximum atomic E-state index is 6.03. The van der Waals surface area contributed by atoms with Crippen LogP contribution in [0.5, 0.6) is 0 Å². The average Bonchev–Trinajstić information content (AvgIpc) is 2.77. The highest BCUT2D eigenvalue weighted by atomic mass is 32.2. The molecule has 0 aliphatic carbocycles. The molecule has 18 heavy (non-hydrogen) atoms. The second-order valence-corrected chi connectivity index (χ2v) is 5.26. The first-order valence-electron chi connectivity index (χ1n) is 6.06. The Bertz CT molecular complexity index is 509. The standard InChI is InChI=1S/C13H18N4S/c1-3-11(14)8-10-6-4-5-7-12(10)18-13-15-9-16-17(13)2/h4-7,9,11H,3,8,14H2,1-2H3. The van der Waals surface area contributed by atoms with Gasteiger partial charge in [0.2, 0.25) is 0 Å². The molecule has 5 heteroatoms. The molecule has 1 atom stereocenters. The van der Waals surface area contributed by atoms with Gasteiger partial charge >= 0.3 is 0 Å². The molecule has 2 rings (SSSR count). The van der Waals surface area contributed by atoms with E-state index in [1.54, 1.807) is 22.8 Å². The highest BCUT2D eigenvalue weighted by Gasteiger charge is 2.10. The fourth-order valence-corrected chi connectivity index (χ4v) is 2.58. The smallest absolute Gasteiger partial charge is 0.190 e. The molecule has 0 spiro atoms. The lowest BCUT2D eigenvalue weighted by Crippen LogP contribution is -2.21. The van der Waals surface area contributed by atoms with E-state index in [1.807, 2.05) is 13.1 Å². The highest BCUT2D eigenvalue weighted by Crippen LogP contribution is 2.29. The number of aryl methyl sites for hydroxylation is 1. The van der Waals surface area contributed by atoms with E-state index in [0.29, 0.717) is 0 Å². The molecule has 2 N–H and O–H groups in total. The Labute approximate surface area is 112 Å². The Morgan fingerprint density at radius 1 is 1.39 bits per heavy atom. The Morgan fingerprint density at radius 2 is 2.17 bits per heavy atom. The summed E-state index contributed by atoms with van der Waals surface area (Å²) in [5.74, 6) is 0. The minimum atomic E-state index is 0.214. The second kappa shape index (κ2) is 6.02. The molecule has 1 heterocycles. The lowest BCUT2D eigenvalue weighted by molar-refractivity contribution is 0.640. The summed E-state index contributed by atoms with van der Waals surface area (Å²) in [4.78, 5) is 5.44. The Kier molecular flexibility index (Phi) is 4.38. The first kappa shape index (κ1) is 13.1. The Balaban J connectivity index is 2.20. The molecular formula is C13H18N4S. The summed E-state index contributed by atoms with van der Waals surface area (Å²) in [6, 6.07) is 8.55. The number of aromatic nitrogens is 3. The maximum Gasteiger partial charge on any atom is 0.190 e. The number of hydrogen-bond acceptors (Lipinski definition) is 4. The van der Waals surface area contributed by atoms with E-state index in [-0.39, 0.29) is 6.04 Å². The van der Waals surface area contributed by atoms with Gasteiger partial charge in [-0.05, 0) is 36.2 Å². The minimum absolute atomic E-state index is 0.214. The third-order valence-electron chi connectivity index (χ3n) is 2.85. The highest BCUT2D eigenvalue weighted by molar-refractivity contribution is 7.99. The van der Waals surface area contributed by atoms with Gasteiger partial charge in [0, 0.05) is 18.0 Å². The zero-order valence-electron chi connectivity index (χ0n) is 10.7. The normalized spacial score (nSPS) is 12.6. The van der Waals surface area contributed by atoms with Crippen molar-refractivity contribution in [3.63, 3.8) is 0 Å². The lowest BCUT2D eigenvalue weighted by Gasteiger charge is -2.12. The molecular weight excluding hydrogens is 244 g/mol. The van der Waals surface area contributed by atoms with E-state index in [2.05, 4.69) is 35.2 Å². The van der Waals surface area contributed by atoms with Crippen molar-refractivity contribution in [3.8, 4) is 0 Å². The summed E-state index contributed by atoms with van der Waals surface area (Å²) in [6.07, 6.45) is 3.46. The summed E-state index contributed by atoms with van der Waals surface area (Å²) in [7, 11) is 1.90. The van der Waals surface area contributed by atoms with Crippen LogP contribution >= 0.6 is 11.8 Å². The molecule has 0 fully saturated rings. The van der Waals surface area contributed by atoms with E-state index in [9.17, 15) is 0 Å². The average molecular weight is 262 g/mol. The van der Waals surface area contributed by atoms with Crippen LogP contribution in [0.1, 0.15) is 18.9 Å². The van der Waals surface area contributed by atoms with Crippen molar-refractivity contribution < 1.29 is 0 Å². The predicted octanol–water partition coefficient (Wildman–Crippen LogP) is 2.25. The molecule has 0 bridgehead atoms. The molecule has 1 aromatic carbocycles. The monoisotopic (exact) mass is 262 g/mol. The molecule has 4 nitrogen and oxygen atoms in total. The third-order valence-corrected chi connectivity index (χ3v) is 4.02. The zero-order valence-corrected chi connectivity index (χ0v) is 11.5. The van der Waals surface area contributed by atoms with Crippen molar-refractivity contribution in [1.29, 1.82) is 0 Å². The molecule has 0 amide bonds. The first-order chi connectivity index (χ1) is 8.70. The van der Waals surface area contributed by atoms with Gasteiger partial charge in [0.1, 0.15) is 6.33 Å². The number of hydrogen-bond donors (Lipinski definition) is 1. The SMILES string of the molecule is CCC(N)Cc1ccccc1Sc1ncnn1C. The lowest BCUT2D eigenvalue weighted by atomic mass is 10.1. The van der Waals surface area contributed by atoms with Gasteiger partial charge in [0.05, 0.1) is 0 Å². The van der Waals surface area contributed by atoms with Crippen LogP contribution < -0.4 is 5.73 Å². The van der Waals surface area contributed by atoms with Crippen molar-refractivity contribution in [2.45, 2.75) is 35.9 Å². The van der Waals surface area contributed by atoms with Gasteiger partial charge in [0.25, 0.3) is 0 Å². The van der Waals surface area contributed by atoms with Crippen LogP contribution in [0.4, 0.5) is 0 Å². The molecule has 0 aliphatic heterocycles. The molecule has 0 aliphatic rings. The van der Waals surface area contributed by atoms with Gasteiger partial charge in [-0.3, -0.25) is 0 Å². The van der Waals surface area contributed by atoms with E-state index in [0.717, 1.165) is 18.0 Å². The Morgan fingerprint density at radius 3 is 2.83 bits per heavy atom. The molecule has 96 valence electrons. The van der Waals surface area contributed by atoms with Gasteiger partial charge in [-0.1, -0.05) is 25.1 Å². The summed E-state index contributed by atoms with van der Waals surface area (Å²) in [5.41, 5.74) is 7.31. The van der Waals surface area contributed by atoms with Crippen molar-refractivity contribution in [1.82, 2.24) is 14.8 Å². The van der Waals surface area contributed by atoms with E-state index >= 15 is 0 Å². The van der Waals surface area contributed by atoms with Gasteiger partial charge < -0.3 is 5.73 Å².